The number of hydrogen-bond donors (Lipinski definition) is 0. The van der Waals surface area contributed by atoms with Gasteiger partial charge in [0.15, 0.2) is 0 Å². The van der Waals surface area contributed by atoms with E-state index in [-0.39, 0.29) is 5.91 Å². The molecule has 1 aromatic carbocycles. The number of carbonyl (C=O) groups is 1. The van der Waals surface area contributed by atoms with Crippen molar-refractivity contribution >= 4 is 17.7 Å². The SMILES string of the molecule is CC(C)=CC(=O)N1CCS[C@H](c2ccccc2C)CC1. The Morgan fingerprint density at radius 3 is 2.75 bits per heavy atom. The Morgan fingerprint density at radius 1 is 1.30 bits per heavy atom. The number of nitrogens with zero attached hydrogens (tertiary/aromatic N) is 1. The standard InChI is InChI=1S/C17H23NOS/c1-13(2)12-17(19)18-9-8-16(20-11-10-18)15-7-5-4-6-14(15)3/h4-7,12,16H,8-11H2,1-3H3/t16-/m0/s1. The fourth-order valence-electron chi connectivity index (χ4n) is 2.53. The second-order valence-electron chi connectivity index (χ2n) is 5.55. The van der Waals surface area contributed by atoms with Crippen molar-refractivity contribution < 1.29 is 4.79 Å². The predicted molar refractivity (Wildman–Crippen MR) is 87.0 cm³/mol. The number of aryl methyl sites for hydroxylation is 1. The normalized spacial score (nSPS) is 19.4. The topological polar surface area (TPSA) is 20.3 Å². The second kappa shape index (κ2) is 6.98. The van der Waals surface area contributed by atoms with Crippen LogP contribution in [0.3, 0.4) is 0 Å². The van der Waals surface area contributed by atoms with Crippen LogP contribution in [0.1, 0.15) is 36.6 Å². The van der Waals surface area contributed by atoms with E-state index in [1.165, 1.54) is 11.1 Å². The van der Waals surface area contributed by atoms with Crippen LogP contribution in [0.2, 0.25) is 0 Å². The van der Waals surface area contributed by atoms with E-state index < -0.39 is 0 Å². The van der Waals surface area contributed by atoms with Crippen LogP contribution in [-0.4, -0.2) is 29.6 Å². The van der Waals surface area contributed by atoms with Gasteiger partial charge in [0.05, 0.1) is 0 Å². The summed E-state index contributed by atoms with van der Waals surface area (Å²) in [4.78, 5) is 14.1. The maximum Gasteiger partial charge on any atom is 0.246 e. The zero-order chi connectivity index (χ0) is 14.5. The van der Waals surface area contributed by atoms with Gasteiger partial charge in [-0.15, -0.1) is 0 Å². The minimum absolute atomic E-state index is 0.163. The molecule has 0 bridgehead atoms. The first kappa shape index (κ1) is 15.2. The molecule has 0 radical (unpaired) electrons. The van der Waals surface area contributed by atoms with Gasteiger partial charge in [0.2, 0.25) is 5.91 Å². The highest BCUT2D eigenvalue weighted by Gasteiger charge is 2.21. The Labute approximate surface area is 126 Å². The molecule has 1 aromatic rings. The molecule has 0 unspecified atom stereocenters. The van der Waals surface area contributed by atoms with E-state index in [9.17, 15) is 4.79 Å². The second-order valence-corrected chi connectivity index (χ2v) is 6.86. The summed E-state index contributed by atoms with van der Waals surface area (Å²) < 4.78 is 0. The maximum absolute atomic E-state index is 12.1. The molecule has 1 fully saturated rings. The van der Waals surface area contributed by atoms with Crippen molar-refractivity contribution in [1.29, 1.82) is 0 Å². The first-order valence-electron chi connectivity index (χ1n) is 7.19. The van der Waals surface area contributed by atoms with Gasteiger partial charge >= 0.3 is 0 Å². The fraction of sp³-hybridized carbons (Fsp3) is 0.471. The summed E-state index contributed by atoms with van der Waals surface area (Å²) in [7, 11) is 0. The lowest BCUT2D eigenvalue weighted by atomic mass is 10.0. The van der Waals surface area contributed by atoms with E-state index in [4.69, 9.17) is 0 Å². The number of carbonyl (C=O) groups excluding carboxylic acids is 1. The van der Waals surface area contributed by atoms with Crippen LogP contribution in [0.25, 0.3) is 0 Å². The first-order chi connectivity index (χ1) is 9.58. The average Bonchev–Trinajstić information content (AvgIpc) is 2.64. The van der Waals surface area contributed by atoms with Gasteiger partial charge in [-0.25, -0.2) is 0 Å². The van der Waals surface area contributed by atoms with Gasteiger partial charge in [-0.2, -0.15) is 11.8 Å². The van der Waals surface area contributed by atoms with E-state index in [0.29, 0.717) is 5.25 Å². The first-order valence-corrected chi connectivity index (χ1v) is 8.23. The molecular formula is C17H23NOS. The molecule has 3 heteroatoms. The molecule has 108 valence electrons. The average molecular weight is 289 g/mol. The van der Waals surface area contributed by atoms with Gasteiger partial charge in [-0.05, 0) is 38.3 Å². The van der Waals surface area contributed by atoms with Crippen molar-refractivity contribution in [2.45, 2.75) is 32.4 Å². The Hall–Kier alpha value is -1.22. The van der Waals surface area contributed by atoms with Gasteiger partial charge < -0.3 is 4.90 Å². The number of thioether (sulfide) groups is 1. The van der Waals surface area contributed by atoms with E-state index in [1.807, 2.05) is 30.5 Å². The van der Waals surface area contributed by atoms with Gasteiger partial charge in [-0.3, -0.25) is 4.79 Å². The van der Waals surface area contributed by atoms with Crippen molar-refractivity contribution in [3.05, 3.63) is 47.0 Å². The van der Waals surface area contributed by atoms with Crippen LogP contribution in [0.4, 0.5) is 0 Å². The summed E-state index contributed by atoms with van der Waals surface area (Å²) in [6, 6.07) is 8.60. The highest BCUT2D eigenvalue weighted by molar-refractivity contribution is 7.99. The molecule has 2 nitrogen and oxygen atoms in total. The predicted octanol–water partition coefficient (Wildman–Crippen LogP) is 3.97. The molecule has 0 aliphatic carbocycles. The molecule has 1 heterocycles. The van der Waals surface area contributed by atoms with Gasteiger partial charge in [0.25, 0.3) is 0 Å². The summed E-state index contributed by atoms with van der Waals surface area (Å²) in [6.45, 7) is 7.83. The van der Waals surface area contributed by atoms with Crippen LogP contribution in [0.5, 0.6) is 0 Å². The molecule has 0 aromatic heterocycles. The lowest BCUT2D eigenvalue weighted by Gasteiger charge is -2.19. The Bertz CT molecular complexity index is 505. The minimum Gasteiger partial charge on any atom is -0.338 e. The van der Waals surface area contributed by atoms with Gasteiger partial charge in [0, 0.05) is 30.2 Å². The summed E-state index contributed by atoms with van der Waals surface area (Å²) in [6.07, 6.45) is 2.79. The molecular weight excluding hydrogens is 266 g/mol. The third-order valence-electron chi connectivity index (χ3n) is 3.60. The minimum atomic E-state index is 0.163. The number of rotatable bonds is 2. The maximum atomic E-state index is 12.1. The third-order valence-corrected chi connectivity index (χ3v) is 4.91. The molecule has 1 aliphatic rings. The van der Waals surface area contributed by atoms with Crippen molar-refractivity contribution in [2.75, 3.05) is 18.8 Å². The van der Waals surface area contributed by atoms with Gasteiger partial charge in [0.1, 0.15) is 0 Å². The van der Waals surface area contributed by atoms with E-state index in [0.717, 1.165) is 30.8 Å². The third kappa shape index (κ3) is 3.89. The Kier molecular flexibility index (Phi) is 5.30. The van der Waals surface area contributed by atoms with Crippen LogP contribution < -0.4 is 0 Å². The Morgan fingerprint density at radius 2 is 2.05 bits per heavy atom. The highest BCUT2D eigenvalue weighted by atomic mass is 32.2. The summed E-state index contributed by atoms with van der Waals surface area (Å²) in [5.41, 5.74) is 3.85. The zero-order valence-corrected chi connectivity index (χ0v) is 13.4. The van der Waals surface area contributed by atoms with Crippen molar-refractivity contribution in [3.8, 4) is 0 Å². The lowest BCUT2D eigenvalue weighted by Crippen LogP contribution is -2.31. The zero-order valence-electron chi connectivity index (χ0n) is 12.6. The lowest BCUT2D eigenvalue weighted by molar-refractivity contribution is -0.125. The molecule has 1 saturated heterocycles. The quantitative estimate of drug-likeness (QED) is 0.768. The van der Waals surface area contributed by atoms with Gasteiger partial charge in [-0.1, -0.05) is 29.8 Å². The van der Waals surface area contributed by atoms with Crippen LogP contribution in [-0.2, 0) is 4.79 Å². The highest BCUT2D eigenvalue weighted by Crippen LogP contribution is 2.35. The molecule has 0 N–H and O–H groups in total. The smallest absolute Gasteiger partial charge is 0.246 e. The fourth-order valence-corrected chi connectivity index (χ4v) is 3.85. The Balaban J connectivity index is 2.04. The number of amides is 1. The van der Waals surface area contributed by atoms with Crippen molar-refractivity contribution in [1.82, 2.24) is 4.90 Å². The van der Waals surface area contributed by atoms with Crippen LogP contribution in [0.15, 0.2) is 35.9 Å². The monoisotopic (exact) mass is 289 g/mol. The summed E-state index contributed by atoms with van der Waals surface area (Å²) >= 11 is 1.98. The molecule has 1 aliphatic heterocycles. The largest absolute Gasteiger partial charge is 0.338 e. The number of benzene rings is 1. The van der Waals surface area contributed by atoms with E-state index in [1.54, 1.807) is 6.08 Å². The van der Waals surface area contributed by atoms with Crippen molar-refractivity contribution in [2.24, 2.45) is 0 Å². The molecule has 0 saturated carbocycles. The molecule has 1 atom stereocenters. The molecule has 1 amide bonds. The van der Waals surface area contributed by atoms with E-state index in [2.05, 4.69) is 31.2 Å². The number of allylic oxidation sites excluding steroid dienone is 1. The molecule has 20 heavy (non-hydrogen) atoms. The summed E-state index contributed by atoms with van der Waals surface area (Å²) in [5.74, 6) is 1.18. The van der Waals surface area contributed by atoms with Crippen LogP contribution in [0, 0.1) is 6.92 Å². The van der Waals surface area contributed by atoms with E-state index >= 15 is 0 Å². The summed E-state index contributed by atoms with van der Waals surface area (Å²) in [5, 5.41) is 0.515. The number of hydrogen-bond acceptors (Lipinski definition) is 2. The molecule has 2 rings (SSSR count). The van der Waals surface area contributed by atoms with Crippen LogP contribution >= 0.6 is 11.8 Å². The molecule has 0 spiro atoms. The van der Waals surface area contributed by atoms with Crippen molar-refractivity contribution in [3.63, 3.8) is 0 Å².